The highest BCUT2D eigenvalue weighted by Gasteiger charge is 2.20. The lowest BCUT2D eigenvalue weighted by Gasteiger charge is -2.09. The van der Waals surface area contributed by atoms with E-state index >= 15 is 0 Å². The molecule has 1 N–H and O–H groups in total. The molecule has 0 fully saturated rings. The molecule has 110 valence electrons. The normalized spacial score (nSPS) is 11.1. The van der Waals surface area contributed by atoms with Crippen LogP contribution in [0, 0.1) is 10.1 Å². The fraction of sp³-hybridized carbons (Fsp3) is 0. The van der Waals surface area contributed by atoms with Crippen molar-refractivity contribution in [2.24, 2.45) is 0 Å². The molecule has 0 unspecified atom stereocenters. The number of aromatic nitrogens is 1. The average Bonchev–Trinajstić information content (AvgIpc) is 2.41. The summed E-state index contributed by atoms with van der Waals surface area (Å²) in [6, 6.07) is 6.27. The Morgan fingerprint density at radius 3 is 2.48 bits per heavy atom. The van der Waals surface area contributed by atoms with E-state index in [0.717, 1.165) is 0 Å². The summed E-state index contributed by atoms with van der Waals surface area (Å²) < 4.78 is 27.1. The van der Waals surface area contributed by atoms with Gasteiger partial charge < -0.3 is 0 Å². The van der Waals surface area contributed by atoms with E-state index in [2.05, 4.69) is 25.6 Å². The van der Waals surface area contributed by atoms with Gasteiger partial charge in [0.05, 0.1) is 4.92 Å². The van der Waals surface area contributed by atoms with Gasteiger partial charge in [0, 0.05) is 28.5 Å². The van der Waals surface area contributed by atoms with Crippen molar-refractivity contribution in [2.75, 3.05) is 4.72 Å². The van der Waals surface area contributed by atoms with Gasteiger partial charge in [-0.1, -0.05) is 11.6 Å². The van der Waals surface area contributed by atoms with Crippen LogP contribution in [0.1, 0.15) is 0 Å². The van der Waals surface area contributed by atoms with Crippen LogP contribution < -0.4 is 4.72 Å². The molecule has 0 aliphatic heterocycles. The van der Waals surface area contributed by atoms with Crippen LogP contribution in [0.25, 0.3) is 0 Å². The molecular formula is C11H7BrClN3O4S. The Morgan fingerprint density at radius 1 is 1.29 bits per heavy atom. The first-order valence-electron chi connectivity index (χ1n) is 5.38. The summed E-state index contributed by atoms with van der Waals surface area (Å²) in [5.74, 6) is 0. The van der Waals surface area contributed by atoms with Crippen LogP contribution in [0.4, 0.5) is 11.4 Å². The van der Waals surface area contributed by atoms with E-state index in [1.165, 1.54) is 36.5 Å². The first-order chi connectivity index (χ1) is 9.79. The molecule has 0 spiro atoms. The standard InChI is InChI=1S/C11H7BrClN3O4S/c12-7-5-10(11(13)14-6-7)21(19,20)15-8-1-3-9(4-2-8)16(17)18/h1-6,15H. The smallest absolute Gasteiger partial charge is 0.269 e. The van der Waals surface area contributed by atoms with Gasteiger partial charge in [-0.2, -0.15) is 0 Å². The molecule has 0 amide bonds. The fourth-order valence-corrected chi connectivity index (χ4v) is 3.46. The predicted octanol–water partition coefficient (Wildman–Crippen LogP) is 3.21. The number of nitrogens with one attached hydrogen (secondary N) is 1. The number of rotatable bonds is 4. The maximum Gasteiger partial charge on any atom is 0.269 e. The number of hydrogen-bond acceptors (Lipinski definition) is 5. The van der Waals surface area contributed by atoms with Gasteiger partial charge in [-0.05, 0) is 34.1 Å². The Labute approximate surface area is 133 Å². The van der Waals surface area contributed by atoms with Gasteiger partial charge in [-0.25, -0.2) is 13.4 Å². The minimum atomic E-state index is -3.94. The second kappa shape index (κ2) is 5.96. The zero-order valence-electron chi connectivity index (χ0n) is 10.2. The molecule has 1 aromatic heterocycles. The lowest BCUT2D eigenvalue weighted by molar-refractivity contribution is -0.384. The lowest BCUT2D eigenvalue weighted by Crippen LogP contribution is -2.14. The summed E-state index contributed by atoms with van der Waals surface area (Å²) in [6.45, 7) is 0. The zero-order valence-corrected chi connectivity index (χ0v) is 13.3. The largest absolute Gasteiger partial charge is 0.280 e. The number of pyridine rings is 1. The summed E-state index contributed by atoms with van der Waals surface area (Å²) in [5.41, 5.74) is 0.0387. The third-order valence-electron chi connectivity index (χ3n) is 2.39. The van der Waals surface area contributed by atoms with Crippen LogP contribution >= 0.6 is 27.5 Å². The number of sulfonamides is 1. The molecule has 2 rings (SSSR count). The van der Waals surface area contributed by atoms with Crippen LogP contribution in [0.5, 0.6) is 0 Å². The van der Waals surface area contributed by atoms with Crippen LogP contribution in [-0.2, 0) is 10.0 Å². The fourth-order valence-electron chi connectivity index (χ4n) is 1.45. The zero-order chi connectivity index (χ0) is 15.6. The van der Waals surface area contributed by atoms with Crippen molar-refractivity contribution in [3.63, 3.8) is 0 Å². The summed E-state index contributed by atoms with van der Waals surface area (Å²) in [4.78, 5) is 13.5. The highest BCUT2D eigenvalue weighted by atomic mass is 79.9. The number of benzene rings is 1. The minimum absolute atomic E-state index is 0.139. The topological polar surface area (TPSA) is 102 Å². The van der Waals surface area contributed by atoms with Crippen molar-refractivity contribution in [2.45, 2.75) is 4.90 Å². The van der Waals surface area contributed by atoms with Crippen LogP contribution in [0.3, 0.4) is 0 Å². The van der Waals surface area contributed by atoms with E-state index < -0.39 is 14.9 Å². The maximum absolute atomic E-state index is 12.2. The molecule has 2 aromatic rings. The molecule has 7 nitrogen and oxygen atoms in total. The minimum Gasteiger partial charge on any atom is -0.280 e. The number of nitrogens with zero attached hydrogens (tertiary/aromatic N) is 2. The monoisotopic (exact) mass is 391 g/mol. The maximum atomic E-state index is 12.2. The predicted molar refractivity (Wildman–Crippen MR) is 80.9 cm³/mol. The summed E-state index contributed by atoms with van der Waals surface area (Å²) in [7, 11) is -3.94. The SMILES string of the molecule is O=[N+]([O-])c1ccc(NS(=O)(=O)c2cc(Br)cnc2Cl)cc1. The van der Waals surface area contributed by atoms with Crippen molar-refractivity contribution in [3.8, 4) is 0 Å². The molecule has 0 atom stereocenters. The number of nitro groups is 1. The third-order valence-corrected chi connectivity index (χ3v) is 4.63. The Morgan fingerprint density at radius 2 is 1.90 bits per heavy atom. The molecule has 0 bridgehead atoms. The molecule has 0 saturated carbocycles. The second-order valence-corrected chi connectivity index (χ2v) is 6.78. The molecule has 1 aromatic carbocycles. The first-order valence-corrected chi connectivity index (χ1v) is 8.03. The van der Waals surface area contributed by atoms with Gasteiger partial charge in [-0.15, -0.1) is 0 Å². The Balaban J connectivity index is 2.33. The highest BCUT2D eigenvalue weighted by molar-refractivity contribution is 9.10. The summed E-state index contributed by atoms with van der Waals surface area (Å²) >= 11 is 8.88. The van der Waals surface area contributed by atoms with Crippen LogP contribution in [-0.4, -0.2) is 18.3 Å². The van der Waals surface area contributed by atoms with Gasteiger partial charge in [0.1, 0.15) is 10.0 Å². The number of nitro benzene ring substituents is 1. The Bertz CT molecular complexity index is 796. The number of hydrogen-bond donors (Lipinski definition) is 1. The number of anilines is 1. The molecule has 0 radical (unpaired) electrons. The second-order valence-electron chi connectivity index (χ2n) is 3.85. The molecule has 0 aliphatic rings. The molecule has 1 heterocycles. The highest BCUT2D eigenvalue weighted by Crippen LogP contribution is 2.25. The Kier molecular flexibility index (Phi) is 4.45. The van der Waals surface area contributed by atoms with Gasteiger partial charge in [0.2, 0.25) is 0 Å². The molecular weight excluding hydrogens is 386 g/mol. The third kappa shape index (κ3) is 3.69. The molecule has 0 aliphatic carbocycles. The van der Waals surface area contributed by atoms with Crippen molar-refractivity contribution in [3.05, 3.63) is 56.3 Å². The van der Waals surface area contributed by atoms with Gasteiger partial charge in [-0.3, -0.25) is 14.8 Å². The van der Waals surface area contributed by atoms with Gasteiger partial charge in [0.15, 0.2) is 0 Å². The first kappa shape index (κ1) is 15.7. The van der Waals surface area contributed by atoms with Crippen LogP contribution in [0.15, 0.2) is 45.9 Å². The van der Waals surface area contributed by atoms with E-state index in [4.69, 9.17) is 11.6 Å². The quantitative estimate of drug-likeness (QED) is 0.489. The van der Waals surface area contributed by atoms with E-state index in [1.807, 2.05) is 0 Å². The lowest BCUT2D eigenvalue weighted by atomic mass is 10.3. The number of halogens is 2. The van der Waals surface area contributed by atoms with Crippen molar-refractivity contribution in [1.29, 1.82) is 0 Å². The van der Waals surface area contributed by atoms with E-state index in [9.17, 15) is 18.5 Å². The van der Waals surface area contributed by atoms with E-state index in [1.54, 1.807) is 0 Å². The van der Waals surface area contributed by atoms with Gasteiger partial charge in [0.25, 0.3) is 15.7 Å². The van der Waals surface area contributed by atoms with E-state index in [0.29, 0.717) is 4.47 Å². The molecule has 10 heteroatoms. The van der Waals surface area contributed by atoms with E-state index in [-0.39, 0.29) is 21.4 Å². The molecule has 0 saturated heterocycles. The summed E-state index contributed by atoms with van der Waals surface area (Å²) in [6.07, 6.45) is 1.37. The number of non-ortho nitro benzene ring substituents is 1. The van der Waals surface area contributed by atoms with Crippen LogP contribution in [0.2, 0.25) is 5.15 Å². The summed E-state index contributed by atoms with van der Waals surface area (Å²) in [5, 5.41) is 10.4. The van der Waals surface area contributed by atoms with Crippen molar-refractivity contribution in [1.82, 2.24) is 4.98 Å². The van der Waals surface area contributed by atoms with Crippen molar-refractivity contribution < 1.29 is 13.3 Å². The Hall–Kier alpha value is -1.71. The van der Waals surface area contributed by atoms with Gasteiger partial charge >= 0.3 is 0 Å². The average molecular weight is 393 g/mol. The van der Waals surface area contributed by atoms with Crippen molar-refractivity contribution >= 4 is 48.9 Å². The molecule has 21 heavy (non-hydrogen) atoms.